The summed E-state index contributed by atoms with van der Waals surface area (Å²) >= 11 is 2.39. The van der Waals surface area contributed by atoms with Gasteiger partial charge in [-0.3, -0.25) is 10.1 Å². The number of thioether (sulfide) groups is 1. The number of ether oxygens (including phenoxy) is 5. The number of nitrogens with one attached hydrogen (secondary N) is 1. The molecular formula is C24H24N4O6S2. The highest BCUT2D eigenvalue weighted by Crippen LogP contribution is 2.39. The molecule has 1 aromatic heterocycles. The Morgan fingerprint density at radius 3 is 2.28 bits per heavy atom. The van der Waals surface area contributed by atoms with Crippen molar-refractivity contribution in [2.45, 2.75) is 5.16 Å². The van der Waals surface area contributed by atoms with Crippen LogP contribution in [0.3, 0.4) is 0 Å². The van der Waals surface area contributed by atoms with Gasteiger partial charge in [-0.25, -0.2) is 0 Å². The number of carbonyl (C=O) groups is 1. The zero-order valence-electron chi connectivity index (χ0n) is 20.1. The first-order chi connectivity index (χ1) is 17.5. The molecule has 0 spiro atoms. The lowest BCUT2D eigenvalue weighted by Crippen LogP contribution is -2.13. The molecule has 1 N–H and O–H groups in total. The first-order valence-corrected chi connectivity index (χ1v) is 12.5. The second kappa shape index (κ2) is 13.2. The number of benzene rings is 2. The number of nitrogens with zero attached hydrogens (tertiary/aromatic N) is 3. The molecule has 1 amide bonds. The number of nitriles is 1. The molecule has 0 aliphatic heterocycles. The number of aromatic nitrogens is 2. The fourth-order valence-corrected chi connectivity index (χ4v) is 4.10. The molecule has 188 valence electrons. The molecule has 10 nitrogen and oxygen atoms in total. The predicted octanol–water partition coefficient (Wildman–Crippen LogP) is 4.29. The van der Waals surface area contributed by atoms with Crippen molar-refractivity contribution < 1.29 is 28.5 Å². The van der Waals surface area contributed by atoms with Crippen LogP contribution in [-0.4, -0.2) is 56.1 Å². The Balaban J connectivity index is 1.73. The van der Waals surface area contributed by atoms with Crippen molar-refractivity contribution in [1.29, 1.82) is 5.26 Å². The van der Waals surface area contributed by atoms with Crippen LogP contribution in [0.15, 0.2) is 47.1 Å². The van der Waals surface area contributed by atoms with E-state index in [0.29, 0.717) is 44.6 Å². The van der Waals surface area contributed by atoms with Crippen molar-refractivity contribution in [2.24, 2.45) is 0 Å². The summed E-state index contributed by atoms with van der Waals surface area (Å²) in [6, 6.07) is 12.5. The summed E-state index contributed by atoms with van der Waals surface area (Å²) in [6.45, 7) is 0.447. The molecule has 3 rings (SSSR count). The first kappa shape index (κ1) is 26.7. The number of rotatable bonds is 12. The highest BCUT2D eigenvalue weighted by molar-refractivity contribution is 7.98. The molecule has 0 unspecified atom stereocenters. The van der Waals surface area contributed by atoms with E-state index in [1.54, 1.807) is 31.4 Å². The number of para-hydroxylation sites is 2. The molecule has 0 aliphatic carbocycles. The summed E-state index contributed by atoms with van der Waals surface area (Å²) in [5.41, 5.74) is 0.383. The smallest absolute Gasteiger partial charge is 0.268 e. The van der Waals surface area contributed by atoms with Crippen LogP contribution in [0.1, 0.15) is 5.56 Å². The lowest BCUT2D eigenvalue weighted by molar-refractivity contribution is -0.112. The quantitative estimate of drug-likeness (QED) is 0.157. The highest BCUT2D eigenvalue weighted by atomic mass is 32.2. The summed E-state index contributed by atoms with van der Waals surface area (Å²) in [4.78, 5) is 16.7. The monoisotopic (exact) mass is 528 g/mol. The fourth-order valence-electron chi connectivity index (χ4n) is 2.98. The number of methoxy groups -OCH3 is 3. The normalized spacial score (nSPS) is 10.8. The summed E-state index contributed by atoms with van der Waals surface area (Å²) in [5, 5.41) is 13.0. The van der Waals surface area contributed by atoms with Crippen LogP contribution in [0.25, 0.3) is 6.08 Å². The molecule has 0 aliphatic rings. The number of hydrogen-bond acceptors (Lipinski definition) is 11. The molecule has 0 bridgehead atoms. The Labute approximate surface area is 217 Å². The van der Waals surface area contributed by atoms with Gasteiger partial charge in [-0.2, -0.15) is 14.6 Å². The number of carbonyl (C=O) groups excluding carboxylic acids is 1. The molecule has 2 aromatic carbocycles. The van der Waals surface area contributed by atoms with Crippen molar-refractivity contribution >= 4 is 40.4 Å². The topological polar surface area (TPSA) is 125 Å². The third kappa shape index (κ3) is 6.80. The average Bonchev–Trinajstić information content (AvgIpc) is 3.37. The maximum absolute atomic E-state index is 12.6. The molecule has 0 radical (unpaired) electrons. The van der Waals surface area contributed by atoms with Gasteiger partial charge < -0.3 is 23.7 Å². The molecule has 3 aromatic rings. The lowest BCUT2D eigenvalue weighted by atomic mass is 10.1. The Kier molecular flexibility index (Phi) is 9.79. The summed E-state index contributed by atoms with van der Waals surface area (Å²) in [6.07, 6.45) is 3.25. The first-order valence-electron chi connectivity index (χ1n) is 10.5. The Hall–Kier alpha value is -3.95. The van der Waals surface area contributed by atoms with Crippen molar-refractivity contribution in [3.63, 3.8) is 0 Å². The van der Waals surface area contributed by atoms with Crippen LogP contribution >= 0.6 is 23.3 Å². The molecule has 0 atom stereocenters. The minimum atomic E-state index is -0.604. The van der Waals surface area contributed by atoms with Crippen molar-refractivity contribution in [2.75, 3.05) is 46.1 Å². The fraction of sp³-hybridized carbons (Fsp3) is 0.250. The molecule has 0 fully saturated rings. The van der Waals surface area contributed by atoms with Gasteiger partial charge in [0.2, 0.25) is 16.0 Å². The third-order valence-corrected chi connectivity index (χ3v) is 5.92. The van der Waals surface area contributed by atoms with Crippen LogP contribution in [0.4, 0.5) is 5.13 Å². The van der Waals surface area contributed by atoms with Gasteiger partial charge >= 0.3 is 0 Å². The van der Waals surface area contributed by atoms with E-state index in [1.807, 2.05) is 24.5 Å². The van der Waals surface area contributed by atoms with Crippen molar-refractivity contribution in [1.82, 2.24) is 9.36 Å². The second-order valence-electron chi connectivity index (χ2n) is 6.81. The van der Waals surface area contributed by atoms with Crippen LogP contribution in [0.2, 0.25) is 0 Å². The zero-order chi connectivity index (χ0) is 25.9. The summed E-state index contributed by atoms with van der Waals surface area (Å²) < 4.78 is 31.9. The van der Waals surface area contributed by atoms with E-state index in [1.165, 1.54) is 32.1 Å². The Morgan fingerprint density at radius 1 is 1.06 bits per heavy atom. The zero-order valence-corrected chi connectivity index (χ0v) is 21.7. The van der Waals surface area contributed by atoms with Crippen LogP contribution in [0.5, 0.6) is 28.7 Å². The van der Waals surface area contributed by atoms with Gasteiger partial charge in [0.05, 0.1) is 21.3 Å². The maximum Gasteiger partial charge on any atom is 0.268 e. The number of amides is 1. The molecule has 1 heterocycles. The van der Waals surface area contributed by atoms with Gasteiger partial charge in [-0.05, 0) is 42.2 Å². The minimum absolute atomic E-state index is 0.126. The molecule has 12 heteroatoms. The Morgan fingerprint density at radius 2 is 1.69 bits per heavy atom. The summed E-state index contributed by atoms with van der Waals surface area (Å²) in [7, 11) is 4.54. The highest BCUT2D eigenvalue weighted by Gasteiger charge is 2.17. The largest absolute Gasteiger partial charge is 0.493 e. The predicted molar refractivity (Wildman–Crippen MR) is 137 cm³/mol. The minimum Gasteiger partial charge on any atom is -0.493 e. The van der Waals surface area contributed by atoms with Gasteiger partial charge in [0.15, 0.2) is 23.0 Å². The number of anilines is 1. The maximum atomic E-state index is 12.6. The lowest BCUT2D eigenvalue weighted by Gasteiger charge is -2.16. The molecular weight excluding hydrogens is 504 g/mol. The van der Waals surface area contributed by atoms with Crippen molar-refractivity contribution in [3.8, 4) is 34.8 Å². The van der Waals surface area contributed by atoms with E-state index >= 15 is 0 Å². The number of hydrogen-bond donors (Lipinski definition) is 1. The van der Waals surface area contributed by atoms with E-state index in [2.05, 4.69) is 14.7 Å². The summed E-state index contributed by atoms with van der Waals surface area (Å²) in [5.74, 6) is 1.71. The van der Waals surface area contributed by atoms with E-state index in [-0.39, 0.29) is 18.8 Å². The van der Waals surface area contributed by atoms with Gasteiger partial charge in [-0.1, -0.05) is 23.9 Å². The van der Waals surface area contributed by atoms with Crippen LogP contribution < -0.4 is 29.0 Å². The van der Waals surface area contributed by atoms with Crippen LogP contribution in [0, 0.1) is 11.3 Å². The second-order valence-corrected chi connectivity index (χ2v) is 8.34. The molecule has 0 saturated carbocycles. The van der Waals surface area contributed by atoms with E-state index in [4.69, 9.17) is 23.7 Å². The molecule has 36 heavy (non-hydrogen) atoms. The van der Waals surface area contributed by atoms with Crippen molar-refractivity contribution in [3.05, 3.63) is 47.5 Å². The van der Waals surface area contributed by atoms with Gasteiger partial charge in [0.25, 0.3) is 5.91 Å². The third-order valence-electron chi connectivity index (χ3n) is 4.63. The standard InChI is InChI=1S/C24H24N4O6S2/c1-30-17-7-5-6-8-18(17)33-9-10-34-21-19(31-2)12-15(13-20(21)32-3)11-16(14-25)22(29)26-23-27-24(35-4)28-36-23/h5-8,11-13H,9-10H2,1-4H3,(H,26,27,28,29)/b16-11-. The van der Waals surface area contributed by atoms with Gasteiger partial charge in [0.1, 0.15) is 24.9 Å². The van der Waals surface area contributed by atoms with E-state index in [0.717, 1.165) is 11.5 Å². The Bertz CT molecular complexity index is 1250. The van der Waals surface area contributed by atoms with Crippen LogP contribution in [-0.2, 0) is 4.79 Å². The van der Waals surface area contributed by atoms with Gasteiger partial charge in [-0.15, -0.1) is 0 Å². The van der Waals surface area contributed by atoms with E-state index < -0.39 is 5.91 Å². The SMILES string of the molecule is COc1ccccc1OCCOc1c(OC)cc(/C=C(/C#N)C(=O)Nc2nc(SC)ns2)cc1OC. The average molecular weight is 529 g/mol. The van der Waals surface area contributed by atoms with Gasteiger partial charge in [0, 0.05) is 11.5 Å². The molecule has 0 saturated heterocycles. The van der Waals surface area contributed by atoms with E-state index in [9.17, 15) is 10.1 Å².